The average Bonchev–Trinajstić information content (AvgIpc) is 2.86. The van der Waals surface area contributed by atoms with Crippen molar-refractivity contribution < 1.29 is 0 Å². The fourth-order valence-electron chi connectivity index (χ4n) is 3.02. The second kappa shape index (κ2) is 4.87. The standard InChI is InChI=1S/C14H19ClN2/c15-10-12-3-5-13(6-4-12)17-9-8-16-7-1-2-14(16)11-17/h3-6,14H,1-2,7-11H2. The molecule has 2 aliphatic heterocycles. The zero-order valence-corrected chi connectivity index (χ0v) is 10.9. The van der Waals surface area contributed by atoms with Crippen LogP contribution in [0.2, 0.25) is 0 Å². The molecule has 0 bridgehead atoms. The molecule has 1 atom stereocenters. The Morgan fingerprint density at radius 2 is 1.94 bits per heavy atom. The van der Waals surface area contributed by atoms with Gasteiger partial charge in [0.2, 0.25) is 0 Å². The molecule has 0 spiro atoms. The van der Waals surface area contributed by atoms with Gasteiger partial charge in [-0.15, -0.1) is 11.6 Å². The third kappa shape index (κ3) is 2.29. The quantitative estimate of drug-likeness (QED) is 0.745. The molecular weight excluding hydrogens is 232 g/mol. The highest BCUT2D eigenvalue weighted by Crippen LogP contribution is 2.25. The summed E-state index contributed by atoms with van der Waals surface area (Å²) in [5.41, 5.74) is 2.56. The van der Waals surface area contributed by atoms with E-state index in [1.54, 1.807) is 0 Å². The normalized spacial score (nSPS) is 25.0. The second-order valence-electron chi connectivity index (χ2n) is 5.08. The molecule has 2 fully saturated rings. The molecule has 17 heavy (non-hydrogen) atoms. The van der Waals surface area contributed by atoms with Crippen LogP contribution in [0, 0.1) is 0 Å². The molecule has 0 aliphatic carbocycles. The second-order valence-corrected chi connectivity index (χ2v) is 5.35. The lowest BCUT2D eigenvalue weighted by Gasteiger charge is -2.38. The Labute approximate surface area is 108 Å². The van der Waals surface area contributed by atoms with Gasteiger partial charge in [-0.25, -0.2) is 0 Å². The Morgan fingerprint density at radius 3 is 2.71 bits per heavy atom. The minimum atomic E-state index is 0.608. The molecule has 0 N–H and O–H groups in total. The largest absolute Gasteiger partial charge is 0.369 e. The van der Waals surface area contributed by atoms with Crippen LogP contribution in [-0.2, 0) is 5.88 Å². The number of hydrogen-bond donors (Lipinski definition) is 0. The summed E-state index contributed by atoms with van der Waals surface area (Å²) >= 11 is 5.82. The summed E-state index contributed by atoms with van der Waals surface area (Å²) in [6.07, 6.45) is 2.75. The number of fused-ring (bicyclic) bond motifs is 1. The summed E-state index contributed by atoms with van der Waals surface area (Å²) in [5, 5.41) is 0. The first-order valence-corrected chi connectivity index (χ1v) is 7.04. The molecule has 0 amide bonds. The van der Waals surface area contributed by atoms with Crippen LogP contribution in [0.25, 0.3) is 0 Å². The Kier molecular flexibility index (Phi) is 3.26. The molecular formula is C14H19ClN2. The SMILES string of the molecule is ClCc1ccc(N2CCN3CCCC3C2)cc1. The van der Waals surface area contributed by atoms with Crippen LogP contribution in [0.15, 0.2) is 24.3 Å². The van der Waals surface area contributed by atoms with Gasteiger partial charge in [0.1, 0.15) is 0 Å². The van der Waals surface area contributed by atoms with Crippen molar-refractivity contribution in [2.45, 2.75) is 24.8 Å². The van der Waals surface area contributed by atoms with Crippen molar-refractivity contribution in [2.75, 3.05) is 31.1 Å². The number of anilines is 1. The predicted octanol–water partition coefficient (Wildman–Crippen LogP) is 2.71. The Bertz CT molecular complexity index is 376. The molecule has 3 heteroatoms. The summed E-state index contributed by atoms with van der Waals surface area (Å²) in [7, 11) is 0. The molecule has 2 heterocycles. The number of halogens is 1. The number of nitrogens with zero attached hydrogens (tertiary/aromatic N) is 2. The summed E-state index contributed by atoms with van der Waals surface area (Å²) in [6.45, 7) is 4.89. The molecule has 0 saturated carbocycles. The lowest BCUT2D eigenvalue weighted by molar-refractivity contribution is 0.231. The van der Waals surface area contributed by atoms with Gasteiger partial charge in [0.05, 0.1) is 0 Å². The topological polar surface area (TPSA) is 6.48 Å². The lowest BCUT2D eigenvalue weighted by Crippen LogP contribution is -2.50. The van der Waals surface area contributed by atoms with E-state index in [0.29, 0.717) is 5.88 Å². The maximum absolute atomic E-state index is 5.82. The van der Waals surface area contributed by atoms with Gasteiger partial charge < -0.3 is 4.90 Å². The Balaban J connectivity index is 1.71. The van der Waals surface area contributed by atoms with Crippen molar-refractivity contribution in [3.63, 3.8) is 0 Å². The Hall–Kier alpha value is -0.730. The monoisotopic (exact) mass is 250 g/mol. The van der Waals surface area contributed by atoms with Gasteiger partial charge in [-0.1, -0.05) is 12.1 Å². The molecule has 3 rings (SSSR count). The first-order chi connectivity index (χ1) is 8.36. The number of benzene rings is 1. The first kappa shape index (κ1) is 11.4. The zero-order chi connectivity index (χ0) is 11.7. The van der Waals surface area contributed by atoms with E-state index in [2.05, 4.69) is 34.1 Å². The maximum Gasteiger partial charge on any atom is 0.0474 e. The van der Waals surface area contributed by atoms with Gasteiger partial charge in [0.15, 0.2) is 0 Å². The van der Waals surface area contributed by atoms with Crippen LogP contribution in [0.4, 0.5) is 5.69 Å². The third-order valence-corrected chi connectivity index (χ3v) is 4.35. The van der Waals surface area contributed by atoms with Gasteiger partial charge in [-0.3, -0.25) is 4.90 Å². The number of rotatable bonds is 2. The van der Waals surface area contributed by atoms with Crippen LogP contribution >= 0.6 is 11.6 Å². The summed E-state index contributed by atoms with van der Waals surface area (Å²) < 4.78 is 0. The number of piperazine rings is 1. The van der Waals surface area contributed by atoms with E-state index in [1.807, 2.05) is 0 Å². The highest BCUT2D eigenvalue weighted by molar-refractivity contribution is 6.17. The van der Waals surface area contributed by atoms with Crippen LogP contribution in [0.3, 0.4) is 0 Å². The van der Waals surface area contributed by atoms with Crippen molar-refractivity contribution in [1.29, 1.82) is 0 Å². The molecule has 2 aliphatic rings. The number of alkyl halides is 1. The van der Waals surface area contributed by atoms with Crippen molar-refractivity contribution in [2.24, 2.45) is 0 Å². The Morgan fingerprint density at radius 1 is 1.12 bits per heavy atom. The van der Waals surface area contributed by atoms with E-state index in [9.17, 15) is 0 Å². The average molecular weight is 251 g/mol. The van der Waals surface area contributed by atoms with E-state index in [1.165, 1.54) is 43.7 Å². The lowest BCUT2D eigenvalue weighted by atomic mass is 10.1. The first-order valence-electron chi connectivity index (χ1n) is 6.51. The third-order valence-electron chi connectivity index (χ3n) is 4.04. The minimum absolute atomic E-state index is 0.608. The molecule has 1 aromatic carbocycles. The highest BCUT2D eigenvalue weighted by atomic mass is 35.5. The molecule has 2 nitrogen and oxygen atoms in total. The van der Waals surface area contributed by atoms with Gasteiger partial charge >= 0.3 is 0 Å². The zero-order valence-electron chi connectivity index (χ0n) is 10.1. The van der Waals surface area contributed by atoms with Crippen LogP contribution in [0.5, 0.6) is 0 Å². The van der Waals surface area contributed by atoms with E-state index < -0.39 is 0 Å². The van der Waals surface area contributed by atoms with E-state index in [-0.39, 0.29) is 0 Å². The smallest absolute Gasteiger partial charge is 0.0474 e. The van der Waals surface area contributed by atoms with Crippen molar-refractivity contribution in [1.82, 2.24) is 4.90 Å². The van der Waals surface area contributed by atoms with Crippen LogP contribution in [0.1, 0.15) is 18.4 Å². The van der Waals surface area contributed by atoms with E-state index in [4.69, 9.17) is 11.6 Å². The van der Waals surface area contributed by atoms with Crippen LogP contribution < -0.4 is 4.90 Å². The summed E-state index contributed by atoms with van der Waals surface area (Å²) in [4.78, 5) is 5.16. The van der Waals surface area contributed by atoms with Gasteiger partial charge in [-0.05, 0) is 37.1 Å². The number of hydrogen-bond acceptors (Lipinski definition) is 2. The maximum atomic E-state index is 5.82. The van der Waals surface area contributed by atoms with E-state index in [0.717, 1.165) is 12.6 Å². The van der Waals surface area contributed by atoms with Gasteiger partial charge in [-0.2, -0.15) is 0 Å². The molecule has 92 valence electrons. The molecule has 1 aromatic rings. The molecule has 0 aromatic heterocycles. The van der Waals surface area contributed by atoms with Crippen molar-refractivity contribution in [3.8, 4) is 0 Å². The summed E-state index contributed by atoms with van der Waals surface area (Å²) in [6, 6.07) is 9.49. The van der Waals surface area contributed by atoms with Gasteiger partial charge in [0.25, 0.3) is 0 Å². The fourth-order valence-corrected chi connectivity index (χ4v) is 3.20. The molecule has 0 radical (unpaired) electrons. The highest BCUT2D eigenvalue weighted by Gasteiger charge is 2.30. The minimum Gasteiger partial charge on any atom is -0.369 e. The predicted molar refractivity (Wildman–Crippen MR) is 72.8 cm³/mol. The van der Waals surface area contributed by atoms with Crippen molar-refractivity contribution >= 4 is 17.3 Å². The van der Waals surface area contributed by atoms with E-state index >= 15 is 0 Å². The van der Waals surface area contributed by atoms with Gasteiger partial charge in [0, 0.05) is 37.2 Å². The molecule has 1 unspecified atom stereocenters. The fraction of sp³-hybridized carbons (Fsp3) is 0.571. The summed E-state index contributed by atoms with van der Waals surface area (Å²) in [5.74, 6) is 0.608. The van der Waals surface area contributed by atoms with Crippen molar-refractivity contribution in [3.05, 3.63) is 29.8 Å². The molecule has 2 saturated heterocycles. The van der Waals surface area contributed by atoms with Crippen LogP contribution in [-0.4, -0.2) is 37.1 Å².